The summed E-state index contributed by atoms with van der Waals surface area (Å²) in [5.74, 6) is -0.383. The zero-order valence-electron chi connectivity index (χ0n) is 14.0. The van der Waals surface area contributed by atoms with Crippen molar-refractivity contribution in [3.05, 3.63) is 66.0 Å². The second kappa shape index (κ2) is 8.77. The van der Waals surface area contributed by atoms with E-state index in [4.69, 9.17) is 0 Å². The fourth-order valence-corrected chi connectivity index (χ4v) is 4.07. The maximum absolute atomic E-state index is 13.2. The summed E-state index contributed by atoms with van der Waals surface area (Å²) in [6.07, 6.45) is 0. The first kappa shape index (κ1) is 18.3. The van der Waals surface area contributed by atoms with Crippen molar-refractivity contribution in [2.24, 2.45) is 0 Å². The molecule has 1 unspecified atom stereocenters. The van der Waals surface area contributed by atoms with Gasteiger partial charge in [0.05, 0.1) is 5.25 Å². The van der Waals surface area contributed by atoms with Crippen LogP contribution >= 0.6 is 23.1 Å². The predicted molar refractivity (Wildman–Crippen MR) is 103 cm³/mol. The van der Waals surface area contributed by atoms with Crippen LogP contribution in [-0.2, 0) is 11.3 Å². The molecule has 1 atom stereocenters. The topological polar surface area (TPSA) is 66.9 Å². The monoisotopic (exact) mass is 388 g/mol. The largest absolute Gasteiger partial charge is 0.351 e. The first-order valence-corrected chi connectivity index (χ1v) is 9.64. The molecule has 1 amide bonds. The molecule has 1 heterocycles. The summed E-state index contributed by atoms with van der Waals surface area (Å²) in [7, 11) is 0. The molecule has 3 rings (SSSR count). The highest BCUT2D eigenvalue weighted by Crippen LogP contribution is 2.30. The van der Waals surface area contributed by atoms with Gasteiger partial charge in [0.15, 0.2) is 4.34 Å². The molecule has 0 fully saturated rings. The molecule has 0 aliphatic rings. The van der Waals surface area contributed by atoms with Crippen LogP contribution in [0.4, 0.5) is 15.2 Å². The average molecular weight is 388 g/mol. The van der Waals surface area contributed by atoms with Gasteiger partial charge in [0.2, 0.25) is 11.0 Å². The zero-order valence-corrected chi connectivity index (χ0v) is 15.6. The van der Waals surface area contributed by atoms with Crippen LogP contribution < -0.4 is 10.6 Å². The molecule has 0 spiro atoms. The minimum absolute atomic E-state index is 0.0614. The number of thioether (sulfide) groups is 1. The number of anilines is 2. The fraction of sp³-hybridized carbons (Fsp3) is 0.167. The van der Waals surface area contributed by atoms with Gasteiger partial charge in [-0.3, -0.25) is 4.79 Å². The van der Waals surface area contributed by atoms with Crippen molar-refractivity contribution in [3.63, 3.8) is 0 Å². The van der Waals surface area contributed by atoms with Crippen molar-refractivity contribution in [2.45, 2.75) is 23.1 Å². The molecule has 0 radical (unpaired) electrons. The van der Waals surface area contributed by atoms with E-state index >= 15 is 0 Å². The highest BCUT2D eigenvalue weighted by molar-refractivity contribution is 8.02. The molecule has 0 saturated carbocycles. The van der Waals surface area contributed by atoms with E-state index in [1.807, 2.05) is 37.3 Å². The van der Waals surface area contributed by atoms with Crippen LogP contribution in [-0.4, -0.2) is 21.4 Å². The van der Waals surface area contributed by atoms with Crippen molar-refractivity contribution in [3.8, 4) is 0 Å². The van der Waals surface area contributed by atoms with Gasteiger partial charge < -0.3 is 10.6 Å². The molecule has 0 saturated heterocycles. The second-order valence-electron chi connectivity index (χ2n) is 5.47. The van der Waals surface area contributed by atoms with Gasteiger partial charge in [-0.1, -0.05) is 59.5 Å². The Bertz CT molecular complexity index is 872. The van der Waals surface area contributed by atoms with Crippen molar-refractivity contribution < 1.29 is 9.18 Å². The first-order chi connectivity index (χ1) is 12.6. The molecule has 134 valence electrons. The molecule has 0 bridgehead atoms. The summed E-state index contributed by atoms with van der Waals surface area (Å²) in [6.45, 7) is 2.32. The van der Waals surface area contributed by atoms with Gasteiger partial charge in [-0.2, -0.15) is 0 Å². The molecular formula is C18H17FN4OS2. The lowest BCUT2D eigenvalue weighted by molar-refractivity contribution is -0.120. The third-order valence-corrected chi connectivity index (χ3v) is 5.46. The minimum Gasteiger partial charge on any atom is -0.351 e. The molecule has 0 aliphatic heterocycles. The number of amides is 1. The lowest BCUT2D eigenvalue weighted by Crippen LogP contribution is -2.30. The van der Waals surface area contributed by atoms with Gasteiger partial charge in [0.25, 0.3) is 0 Å². The number of hydrogen-bond donors (Lipinski definition) is 2. The Morgan fingerprint density at radius 2 is 2.00 bits per heavy atom. The first-order valence-electron chi connectivity index (χ1n) is 7.94. The highest BCUT2D eigenvalue weighted by atomic mass is 32.2. The number of nitrogens with zero attached hydrogens (tertiary/aromatic N) is 2. The van der Waals surface area contributed by atoms with Crippen LogP contribution in [0.15, 0.2) is 58.9 Å². The van der Waals surface area contributed by atoms with E-state index in [0.717, 1.165) is 5.56 Å². The van der Waals surface area contributed by atoms with E-state index < -0.39 is 0 Å². The van der Waals surface area contributed by atoms with Gasteiger partial charge in [-0.25, -0.2) is 4.39 Å². The maximum atomic E-state index is 13.2. The van der Waals surface area contributed by atoms with E-state index in [0.29, 0.717) is 21.7 Å². The van der Waals surface area contributed by atoms with Crippen LogP contribution in [0.5, 0.6) is 0 Å². The summed E-state index contributed by atoms with van der Waals surface area (Å²) in [5, 5.41) is 14.3. The fourth-order valence-electron chi connectivity index (χ4n) is 2.13. The number of hydrogen-bond acceptors (Lipinski definition) is 6. The summed E-state index contributed by atoms with van der Waals surface area (Å²) in [5.41, 5.74) is 1.65. The summed E-state index contributed by atoms with van der Waals surface area (Å²) < 4.78 is 13.9. The van der Waals surface area contributed by atoms with Crippen molar-refractivity contribution >= 4 is 39.8 Å². The van der Waals surface area contributed by atoms with Crippen LogP contribution in [0, 0.1) is 5.82 Å². The number of rotatable bonds is 7. The van der Waals surface area contributed by atoms with Gasteiger partial charge in [-0.15, -0.1) is 10.2 Å². The quantitative estimate of drug-likeness (QED) is 0.593. The summed E-state index contributed by atoms with van der Waals surface area (Å²) >= 11 is 2.66. The van der Waals surface area contributed by atoms with Crippen molar-refractivity contribution in [1.29, 1.82) is 0 Å². The van der Waals surface area contributed by atoms with Crippen molar-refractivity contribution in [1.82, 2.24) is 15.5 Å². The van der Waals surface area contributed by atoms with E-state index in [9.17, 15) is 9.18 Å². The molecule has 1 aromatic heterocycles. The number of benzene rings is 2. The molecule has 26 heavy (non-hydrogen) atoms. The normalized spacial score (nSPS) is 11.8. The Morgan fingerprint density at radius 1 is 1.19 bits per heavy atom. The number of aromatic nitrogens is 2. The van der Waals surface area contributed by atoms with Gasteiger partial charge >= 0.3 is 0 Å². The van der Waals surface area contributed by atoms with E-state index in [-0.39, 0.29) is 17.0 Å². The van der Waals surface area contributed by atoms with Crippen LogP contribution in [0.25, 0.3) is 0 Å². The van der Waals surface area contributed by atoms with Crippen molar-refractivity contribution in [2.75, 3.05) is 5.32 Å². The third kappa shape index (κ3) is 5.27. The van der Waals surface area contributed by atoms with Gasteiger partial charge in [0, 0.05) is 12.2 Å². The predicted octanol–water partition coefficient (Wildman–Crippen LogP) is 4.22. The number of nitrogens with one attached hydrogen (secondary N) is 2. The summed E-state index contributed by atoms with van der Waals surface area (Å²) in [6, 6.07) is 15.9. The SMILES string of the molecule is CC(Sc1nnc(Nc2cccc(F)c2)s1)C(=O)NCc1ccccc1. The molecule has 2 N–H and O–H groups in total. The Hall–Kier alpha value is -2.45. The minimum atomic E-state index is -0.321. The molecule has 2 aromatic carbocycles. The standard InChI is InChI=1S/C18H17FN4OS2/c1-12(16(24)20-11-13-6-3-2-4-7-13)25-18-23-22-17(26-18)21-15-9-5-8-14(19)10-15/h2-10,12H,11H2,1H3,(H,20,24)(H,21,22). The molecule has 3 aromatic rings. The number of halogens is 1. The Balaban J connectivity index is 1.52. The molecule has 5 nitrogen and oxygen atoms in total. The molecular weight excluding hydrogens is 371 g/mol. The Kier molecular flexibility index (Phi) is 6.19. The maximum Gasteiger partial charge on any atom is 0.233 e. The highest BCUT2D eigenvalue weighted by Gasteiger charge is 2.17. The van der Waals surface area contributed by atoms with Crippen LogP contribution in [0.3, 0.4) is 0 Å². The molecule has 0 aliphatic carbocycles. The van der Waals surface area contributed by atoms with Crippen LogP contribution in [0.1, 0.15) is 12.5 Å². The van der Waals surface area contributed by atoms with Crippen LogP contribution in [0.2, 0.25) is 0 Å². The second-order valence-corrected chi connectivity index (χ2v) is 8.04. The lowest BCUT2D eigenvalue weighted by atomic mass is 10.2. The molecule has 8 heteroatoms. The zero-order chi connectivity index (χ0) is 18.4. The number of carbonyl (C=O) groups excluding carboxylic acids is 1. The van der Waals surface area contributed by atoms with E-state index in [1.54, 1.807) is 12.1 Å². The van der Waals surface area contributed by atoms with Gasteiger partial charge in [0.1, 0.15) is 5.82 Å². The lowest BCUT2D eigenvalue weighted by Gasteiger charge is -2.10. The number of carbonyl (C=O) groups is 1. The average Bonchev–Trinajstić information content (AvgIpc) is 3.07. The van der Waals surface area contributed by atoms with E-state index in [1.165, 1.54) is 35.2 Å². The third-order valence-electron chi connectivity index (χ3n) is 3.44. The van der Waals surface area contributed by atoms with E-state index in [2.05, 4.69) is 20.8 Å². The smallest absolute Gasteiger partial charge is 0.233 e. The summed E-state index contributed by atoms with van der Waals surface area (Å²) in [4.78, 5) is 12.2. The Labute approximate surface area is 159 Å². The Morgan fingerprint density at radius 3 is 2.77 bits per heavy atom. The van der Waals surface area contributed by atoms with Gasteiger partial charge in [-0.05, 0) is 30.7 Å².